The first kappa shape index (κ1) is 25.3. The number of carboxylic acids is 1. The number of allylic oxidation sites excluding steroid dienone is 2. The number of ether oxygens (including phenoxy) is 1. The Morgan fingerprint density at radius 3 is 1.89 bits per heavy atom. The van der Waals surface area contributed by atoms with E-state index in [0.717, 1.165) is 25.7 Å². The lowest BCUT2D eigenvalue weighted by Crippen LogP contribution is -2.49. The van der Waals surface area contributed by atoms with Gasteiger partial charge in [0.2, 0.25) is 0 Å². The number of carboxylic acid groups (broad SMARTS) is 1. The lowest BCUT2D eigenvalue weighted by atomic mass is 10.1. The van der Waals surface area contributed by atoms with Crippen LogP contribution < -0.4 is 0 Å². The Hall–Kier alpha value is -2.70. The van der Waals surface area contributed by atoms with Crippen molar-refractivity contribution in [1.29, 1.82) is 0 Å². The van der Waals surface area contributed by atoms with E-state index in [0.29, 0.717) is 17.7 Å². The van der Waals surface area contributed by atoms with E-state index >= 15 is 0 Å². The van der Waals surface area contributed by atoms with Crippen LogP contribution in [0.15, 0.2) is 37.0 Å². The van der Waals surface area contributed by atoms with E-state index in [-0.39, 0.29) is 6.61 Å². The van der Waals surface area contributed by atoms with Gasteiger partial charge in [-0.05, 0) is 25.0 Å². The standard InChI is InChI=1S/C21H31NO6/c1-4-7-9-11-13-18(23)22(19(24)14-12-10-8-5-2)17(16-20(25)26)21(27)28-15-6-3/h6,11-14,17H,3-5,7-10,15-16H2,1-2H3,(H,25,26)/b13-11+,14-12+. The van der Waals surface area contributed by atoms with Crippen LogP contribution in [-0.2, 0) is 23.9 Å². The molecule has 0 radical (unpaired) electrons. The number of unbranched alkanes of at least 4 members (excludes halogenated alkanes) is 4. The molecule has 0 aliphatic carbocycles. The number of aliphatic carboxylic acids is 1. The van der Waals surface area contributed by atoms with E-state index < -0.39 is 36.2 Å². The smallest absolute Gasteiger partial charge is 0.330 e. The number of hydrogen-bond donors (Lipinski definition) is 1. The van der Waals surface area contributed by atoms with Crippen molar-refractivity contribution in [2.75, 3.05) is 6.61 Å². The third-order valence-corrected chi connectivity index (χ3v) is 3.74. The Morgan fingerprint density at radius 2 is 1.50 bits per heavy atom. The molecule has 0 fully saturated rings. The minimum Gasteiger partial charge on any atom is -0.481 e. The molecule has 0 aromatic heterocycles. The summed E-state index contributed by atoms with van der Waals surface area (Å²) in [6.45, 7) is 7.28. The number of carbonyl (C=O) groups excluding carboxylic acids is 3. The SMILES string of the molecule is C=CCOC(=O)C(CC(=O)O)N(C(=O)/C=C/CCCC)C(=O)/C=C/CCCC. The van der Waals surface area contributed by atoms with Gasteiger partial charge in [0.1, 0.15) is 12.6 Å². The number of rotatable bonds is 14. The number of carbonyl (C=O) groups is 4. The van der Waals surface area contributed by atoms with Crippen molar-refractivity contribution in [2.45, 2.75) is 64.8 Å². The van der Waals surface area contributed by atoms with Gasteiger partial charge >= 0.3 is 11.9 Å². The Balaban J connectivity index is 5.65. The van der Waals surface area contributed by atoms with Gasteiger partial charge in [0.05, 0.1) is 6.42 Å². The van der Waals surface area contributed by atoms with Crippen molar-refractivity contribution in [3.63, 3.8) is 0 Å². The first-order valence-electron chi connectivity index (χ1n) is 9.58. The van der Waals surface area contributed by atoms with Gasteiger partial charge in [-0.1, -0.05) is 64.3 Å². The maximum atomic E-state index is 12.6. The number of nitrogens with zero attached hydrogens (tertiary/aromatic N) is 1. The largest absolute Gasteiger partial charge is 0.481 e. The minimum atomic E-state index is -1.55. The van der Waals surface area contributed by atoms with Crippen molar-refractivity contribution in [2.24, 2.45) is 0 Å². The highest BCUT2D eigenvalue weighted by Crippen LogP contribution is 2.12. The molecule has 0 aromatic carbocycles. The van der Waals surface area contributed by atoms with Crippen LogP contribution in [0.25, 0.3) is 0 Å². The van der Waals surface area contributed by atoms with Gasteiger partial charge in [0.25, 0.3) is 11.8 Å². The van der Waals surface area contributed by atoms with Crippen molar-refractivity contribution in [1.82, 2.24) is 4.90 Å². The molecule has 1 N–H and O–H groups in total. The molecule has 1 unspecified atom stereocenters. The van der Waals surface area contributed by atoms with Crippen LogP contribution in [0, 0.1) is 0 Å². The van der Waals surface area contributed by atoms with E-state index in [9.17, 15) is 19.2 Å². The number of hydrogen-bond acceptors (Lipinski definition) is 5. The molecule has 0 rings (SSSR count). The predicted molar refractivity (Wildman–Crippen MR) is 106 cm³/mol. The third kappa shape index (κ3) is 10.4. The Kier molecular flexibility index (Phi) is 13.9. The van der Waals surface area contributed by atoms with Gasteiger partial charge in [-0.2, -0.15) is 0 Å². The number of amides is 2. The second-order valence-corrected chi connectivity index (χ2v) is 6.17. The summed E-state index contributed by atoms with van der Waals surface area (Å²) in [5.41, 5.74) is 0. The predicted octanol–water partition coefficient (Wildman–Crippen LogP) is 3.41. The minimum absolute atomic E-state index is 0.149. The van der Waals surface area contributed by atoms with E-state index in [1.165, 1.54) is 18.2 Å². The Bertz CT molecular complexity index is 564. The molecule has 0 heterocycles. The summed E-state index contributed by atoms with van der Waals surface area (Å²) in [6, 6.07) is -1.55. The second-order valence-electron chi connectivity index (χ2n) is 6.17. The molecule has 0 aromatic rings. The Labute approximate surface area is 166 Å². The first-order chi connectivity index (χ1) is 13.4. The fourth-order valence-corrected chi connectivity index (χ4v) is 2.27. The van der Waals surface area contributed by atoms with Gasteiger partial charge in [0.15, 0.2) is 0 Å². The first-order valence-corrected chi connectivity index (χ1v) is 9.58. The average molecular weight is 393 g/mol. The van der Waals surface area contributed by atoms with Gasteiger partial charge in [-0.15, -0.1) is 0 Å². The highest BCUT2D eigenvalue weighted by atomic mass is 16.5. The Morgan fingerprint density at radius 1 is 1.00 bits per heavy atom. The van der Waals surface area contributed by atoms with Crippen LogP contribution in [0.4, 0.5) is 0 Å². The summed E-state index contributed by atoms with van der Waals surface area (Å²) in [5.74, 6) is -3.78. The average Bonchev–Trinajstić information content (AvgIpc) is 2.65. The molecule has 0 saturated heterocycles. The molecule has 0 aliphatic rings. The van der Waals surface area contributed by atoms with Crippen molar-refractivity contribution in [3.05, 3.63) is 37.0 Å². The van der Waals surface area contributed by atoms with Crippen molar-refractivity contribution in [3.8, 4) is 0 Å². The fraction of sp³-hybridized carbons (Fsp3) is 0.524. The zero-order valence-corrected chi connectivity index (χ0v) is 16.8. The normalized spacial score (nSPS) is 12.1. The maximum Gasteiger partial charge on any atom is 0.330 e. The molecule has 28 heavy (non-hydrogen) atoms. The molecule has 2 amide bonds. The van der Waals surface area contributed by atoms with Crippen LogP contribution >= 0.6 is 0 Å². The van der Waals surface area contributed by atoms with Gasteiger partial charge in [-0.25, -0.2) is 4.79 Å². The summed E-state index contributed by atoms with van der Waals surface area (Å²) in [7, 11) is 0. The molecule has 0 spiro atoms. The number of esters is 1. The van der Waals surface area contributed by atoms with Crippen LogP contribution in [0.5, 0.6) is 0 Å². The lowest BCUT2D eigenvalue weighted by molar-refractivity contribution is -0.160. The molecule has 7 nitrogen and oxygen atoms in total. The quantitative estimate of drug-likeness (QED) is 0.210. The van der Waals surface area contributed by atoms with E-state index in [4.69, 9.17) is 9.84 Å². The number of imide groups is 1. The van der Waals surface area contributed by atoms with Gasteiger partial charge < -0.3 is 9.84 Å². The van der Waals surface area contributed by atoms with Crippen LogP contribution in [0.3, 0.4) is 0 Å². The molecular weight excluding hydrogens is 362 g/mol. The van der Waals surface area contributed by atoms with Crippen LogP contribution in [0.1, 0.15) is 58.8 Å². The molecule has 7 heteroatoms. The maximum absolute atomic E-state index is 12.6. The molecule has 1 atom stereocenters. The van der Waals surface area contributed by atoms with Gasteiger partial charge in [0, 0.05) is 0 Å². The van der Waals surface area contributed by atoms with Crippen LogP contribution in [0.2, 0.25) is 0 Å². The summed E-state index contributed by atoms with van der Waals surface area (Å²) < 4.78 is 4.91. The highest BCUT2D eigenvalue weighted by molar-refractivity contribution is 6.08. The van der Waals surface area contributed by atoms with Crippen LogP contribution in [-0.4, -0.2) is 46.4 Å². The van der Waals surface area contributed by atoms with Crippen molar-refractivity contribution < 1.29 is 29.0 Å². The molecule has 0 bridgehead atoms. The fourth-order valence-electron chi connectivity index (χ4n) is 2.27. The molecule has 0 aliphatic heterocycles. The van der Waals surface area contributed by atoms with Gasteiger partial charge in [-0.3, -0.25) is 19.3 Å². The topological polar surface area (TPSA) is 101 Å². The highest BCUT2D eigenvalue weighted by Gasteiger charge is 2.35. The molecular formula is C21H31NO6. The summed E-state index contributed by atoms with van der Waals surface area (Å²) in [5, 5.41) is 9.15. The van der Waals surface area contributed by atoms with E-state index in [1.54, 1.807) is 12.2 Å². The second kappa shape index (κ2) is 15.4. The van der Waals surface area contributed by atoms with E-state index in [1.807, 2.05) is 13.8 Å². The lowest BCUT2D eigenvalue weighted by Gasteiger charge is -2.25. The van der Waals surface area contributed by atoms with E-state index in [2.05, 4.69) is 6.58 Å². The monoisotopic (exact) mass is 393 g/mol. The summed E-state index contributed by atoms with van der Waals surface area (Å²) in [4.78, 5) is 49.4. The summed E-state index contributed by atoms with van der Waals surface area (Å²) in [6.07, 6.45) is 11.1. The zero-order chi connectivity index (χ0) is 21.4. The zero-order valence-electron chi connectivity index (χ0n) is 16.8. The van der Waals surface area contributed by atoms with Crippen molar-refractivity contribution >= 4 is 23.8 Å². The molecule has 0 saturated carbocycles. The third-order valence-electron chi connectivity index (χ3n) is 3.74. The summed E-state index contributed by atoms with van der Waals surface area (Å²) >= 11 is 0. The molecule has 156 valence electrons.